The number of oxime groups is 3. The fourth-order valence-corrected chi connectivity index (χ4v) is 25.5. The predicted octanol–water partition coefficient (Wildman–Crippen LogP) is 13.4. The smallest absolute Gasteiger partial charge is 0.305 e. The van der Waals surface area contributed by atoms with E-state index in [1.165, 1.54) is 39.9 Å². The molecule has 0 radical (unpaired) electrons. The fourth-order valence-electron chi connectivity index (χ4n) is 25.5. The van der Waals surface area contributed by atoms with E-state index in [-0.39, 0.29) is 111 Å². The van der Waals surface area contributed by atoms with Crippen LogP contribution in [0.3, 0.4) is 0 Å². The van der Waals surface area contributed by atoms with E-state index in [0.29, 0.717) is 128 Å². The minimum Gasteiger partial charge on any atom is -0.469 e. The zero-order valence-corrected chi connectivity index (χ0v) is 59.6. The van der Waals surface area contributed by atoms with Gasteiger partial charge in [-0.25, -0.2) is 0 Å². The third-order valence-electron chi connectivity index (χ3n) is 30.9. The number of hydrogen-bond donors (Lipinski definition) is 7. The number of Topliss-reactive ketones (excluding diaryl/α,β-unsaturated/α-hetero) is 3. The van der Waals surface area contributed by atoms with Gasteiger partial charge in [0.15, 0.2) is 0 Å². The van der Waals surface area contributed by atoms with Crippen LogP contribution in [0.5, 0.6) is 0 Å². The summed E-state index contributed by atoms with van der Waals surface area (Å²) in [6, 6.07) is 0.963. The van der Waals surface area contributed by atoms with E-state index in [1.807, 2.05) is 13.8 Å². The van der Waals surface area contributed by atoms with Gasteiger partial charge in [0.2, 0.25) is 0 Å². The van der Waals surface area contributed by atoms with Gasteiger partial charge in [0.25, 0.3) is 0 Å². The standard InChI is InChI=1S/C25H39N3O5.C25H36O5.C24H45N3O.C2H6/c1-14(5-8-22(29)33-4)17-6-7-18-23-19(13-21(28-32)25(17,18)3)24(2)10-9-16(26-30)11-15(24)12-20(23)27-31;1-14(5-8-22(29)30-4)17-6-7-18-23-19(13-21(28)25(17,18)3)24(2)10-9-16(26)11-15(24)12-20(23)27;1-14(5-4-10-28)17-6-7-18-22-19(13-21(27)24(17,18)3)23(2)9-8-16(25)11-15(23)12-20(22)26;1-2/h14-15,17-19,23,30-32H,5-13H2,1-4H3;14-15,17-19,23H,5-13H2,1-4H3;14-22,28H,4-13,25-27H2,1-3H3;1-2H3/b26-16-,27-20+,28-21+;;;. The molecule has 17 nitrogen and oxygen atoms in total. The zero-order chi connectivity index (χ0) is 68.1. The number of aliphatic hydroxyl groups excluding tert-OH is 1. The van der Waals surface area contributed by atoms with Gasteiger partial charge in [0.05, 0.1) is 31.4 Å². The number of carbonyl (C=O) groups is 5. The molecular formula is C76H126N6O11. The zero-order valence-electron chi connectivity index (χ0n) is 59.6. The summed E-state index contributed by atoms with van der Waals surface area (Å²) in [6.45, 7) is 25.0. The molecule has 0 aromatic rings. The Labute approximate surface area is 558 Å². The number of ketones is 3. The van der Waals surface area contributed by atoms with Gasteiger partial charge in [0.1, 0.15) is 17.3 Å². The number of esters is 2. The van der Waals surface area contributed by atoms with Crippen LogP contribution in [0, 0.1) is 139 Å². The van der Waals surface area contributed by atoms with Crippen molar-refractivity contribution in [1.29, 1.82) is 0 Å². The SMILES string of the molecule is CC.CC(CCCO)C1CCC2C3C(N)CC4CC(N)CCC4(C)C3CC(N)C12C.COC(=O)CCC(C)C1CCC2C3/C(=N/O)CC4C/C(=N\O)CCC4(C)C3C/C(=N\O)C12C.COC(=O)CCC(C)C1CCC2C3C(=O)CC4CC(=O)CCC4(C)C3CC(=O)C12C. The van der Waals surface area contributed by atoms with Crippen LogP contribution < -0.4 is 17.2 Å². The molecule has 0 aromatic heterocycles. The van der Waals surface area contributed by atoms with Gasteiger partial charge >= 0.3 is 11.9 Å². The lowest BCUT2D eigenvalue weighted by atomic mass is 9.42. The second kappa shape index (κ2) is 29.0. The molecule has 12 saturated carbocycles. The Bertz CT molecular complexity index is 2790. The molecule has 12 aliphatic rings. The van der Waals surface area contributed by atoms with Crippen LogP contribution in [0.15, 0.2) is 15.5 Å². The van der Waals surface area contributed by atoms with Gasteiger partial charge < -0.3 is 47.4 Å². The van der Waals surface area contributed by atoms with Crippen molar-refractivity contribution in [2.45, 2.75) is 268 Å². The van der Waals surface area contributed by atoms with Crippen molar-refractivity contribution in [2.24, 2.45) is 172 Å². The minimum absolute atomic E-state index is 0.0128. The van der Waals surface area contributed by atoms with Crippen LogP contribution in [-0.2, 0) is 33.4 Å². The van der Waals surface area contributed by atoms with E-state index in [2.05, 4.69) is 77.8 Å². The van der Waals surface area contributed by atoms with E-state index >= 15 is 0 Å². The quantitative estimate of drug-likeness (QED) is 0.0543. The summed E-state index contributed by atoms with van der Waals surface area (Å²) < 4.78 is 9.64. The number of hydrogen-bond acceptors (Lipinski definition) is 17. The molecule has 526 valence electrons. The molecule has 0 aliphatic heterocycles. The Morgan fingerprint density at radius 2 is 1.11 bits per heavy atom. The van der Waals surface area contributed by atoms with Crippen molar-refractivity contribution in [1.82, 2.24) is 0 Å². The van der Waals surface area contributed by atoms with Crippen LogP contribution in [-0.4, -0.2) is 106 Å². The Morgan fingerprint density at radius 3 is 1.70 bits per heavy atom. The van der Waals surface area contributed by atoms with Gasteiger partial charge in [-0.1, -0.05) is 91.6 Å². The molecule has 12 aliphatic carbocycles. The summed E-state index contributed by atoms with van der Waals surface area (Å²) in [5.41, 5.74) is 22.7. The molecule has 0 amide bonds. The van der Waals surface area contributed by atoms with Gasteiger partial charge in [-0.2, -0.15) is 0 Å². The maximum Gasteiger partial charge on any atom is 0.305 e. The number of ether oxygens (including phenoxy) is 2. The number of nitrogens with two attached hydrogens (primary N) is 3. The van der Waals surface area contributed by atoms with Crippen LogP contribution in [0.1, 0.15) is 250 Å². The van der Waals surface area contributed by atoms with Gasteiger partial charge in [-0.15, -0.1) is 0 Å². The summed E-state index contributed by atoms with van der Waals surface area (Å²) in [7, 11) is 2.83. The fraction of sp³-hybridized carbons (Fsp3) is 0.895. The number of methoxy groups -OCH3 is 2. The third-order valence-corrected chi connectivity index (χ3v) is 30.9. The Kier molecular flexibility index (Phi) is 22.9. The van der Waals surface area contributed by atoms with Crippen LogP contribution >= 0.6 is 0 Å². The highest BCUT2D eigenvalue weighted by Crippen LogP contribution is 2.71. The topological polar surface area (TPSA) is 300 Å². The van der Waals surface area contributed by atoms with Crippen molar-refractivity contribution in [2.75, 3.05) is 20.8 Å². The summed E-state index contributed by atoms with van der Waals surface area (Å²) in [4.78, 5) is 62.5. The maximum absolute atomic E-state index is 13.7. The van der Waals surface area contributed by atoms with Crippen LogP contribution in [0.25, 0.3) is 0 Å². The number of rotatable bonds is 12. The molecule has 0 aromatic carbocycles. The Hall–Kier alpha value is -3.80. The molecule has 12 fully saturated rings. The lowest BCUT2D eigenvalue weighted by Crippen LogP contribution is -2.65. The highest BCUT2D eigenvalue weighted by atomic mass is 16.5. The summed E-state index contributed by atoms with van der Waals surface area (Å²) in [5, 5.41) is 50.2. The molecule has 0 saturated heterocycles. The first-order chi connectivity index (χ1) is 44.1. The lowest BCUT2D eigenvalue weighted by molar-refractivity contribution is -0.166. The van der Waals surface area contributed by atoms with Gasteiger partial charge in [0, 0.05) is 85.9 Å². The van der Waals surface area contributed by atoms with Crippen molar-refractivity contribution in [3.05, 3.63) is 0 Å². The third kappa shape index (κ3) is 12.7. The molecule has 10 N–H and O–H groups in total. The predicted molar refractivity (Wildman–Crippen MR) is 362 cm³/mol. The average Bonchev–Trinajstić information content (AvgIpc) is 1.70. The van der Waals surface area contributed by atoms with Crippen molar-refractivity contribution in [3.8, 4) is 0 Å². The van der Waals surface area contributed by atoms with Crippen molar-refractivity contribution >= 4 is 46.4 Å². The molecule has 93 heavy (non-hydrogen) atoms. The van der Waals surface area contributed by atoms with Crippen molar-refractivity contribution in [3.63, 3.8) is 0 Å². The van der Waals surface area contributed by atoms with Crippen LogP contribution in [0.4, 0.5) is 0 Å². The molecule has 12 rings (SSSR count). The molecular weight excluding hydrogens is 1170 g/mol. The normalized spacial score (nSPS) is 46.6. The molecule has 17 heteroatoms. The largest absolute Gasteiger partial charge is 0.469 e. The van der Waals surface area contributed by atoms with E-state index in [1.54, 1.807) is 0 Å². The second-order valence-corrected chi connectivity index (χ2v) is 34.1. The van der Waals surface area contributed by atoms with E-state index in [9.17, 15) is 44.7 Å². The highest BCUT2D eigenvalue weighted by Gasteiger charge is 2.69. The molecule has 0 spiro atoms. The maximum atomic E-state index is 13.7. The first kappa shape index (κ1) is 73.4. The van der Waals surface area contributed by atoms with Gasteiger partial charge in [-0.05, 0) is 251 Å². The number of fused-ring (bicyclic) bond motifs is 15. The van der Waals surface area contributed by atoms with Crippen LogP contribution in [0.2, 0.25) is 0 Å². The minimum atomic E-state index is -0.472. The highest BCUT2D eigenvalue weighted by molar-refractivity contribution is 5.98. The second-order valence-electron chi connectivity index (χ2n) is 34.1. The average molecular weight is 1300 g/mol. The van der Waals surface area contributed by atoms with E-state index < -0.39 is 5.41 Å². The lowest BCUT2D eigenvalue weighted by Gasteiger charge is -2.64. The monoisotopic (exact) mass is 1300 g/mol. The summed E-state index contributed by atoms with van der Waals surface area (Å²) in [6.07, 6.45) is 23.4. The molecule has 0 heterocycles. The summed E-state index contributed by atoms with van der Waals surface area (Å²) >= 11 is 0. The number of aliphatic hydroxyl groups is 1. The molecule has 27 atom stereocenters. The number of carbonyl (C=O) groups excluding carboxylic acids is 5. The molecule has 27 unspecified atom stereocenters. The Balaban J connectivity index is 0.000000163. The first-order valence-electron chi connectivity index (χ1n) is 37.3. The number of nitrogens with zero attached hydrogens (tertiary/aromatic N) is 3. The molecule has 0 bridgehead atoms. The van der Waals surface area contributed by atoms with E-state index in [4.69, 9.17) is 26.7 Å². The first-order valence-corrected chi connectivity index (χ1v) is 37.3. The Morgan fingerprint density at radius 1 is 0.559 bits per heavy atom. The van der Waals surface area contributed by atoms with Gasteiger partial charge in [-0.3, -0.25) is 24.0 Å². The summed E-state index contributed by atoms with van der Waals surface area (Å²) in [5.74, 6) is 6.66. The van der Waals surface area contributed by atoms with Crippen molar-refractivity contribution < 1.29 is 54.2 Å². The van der Waals surface area contributed by atoms with E-state index in [0.717, 1.165) is 113 Å².